The lowest BCUT2D eigenvalue weighted by atomic mass is 10.1. The zero-order chi connectivity index (χ0) is 16.0. The molecule has 0 bridgehead atoms. The first-order valence-corrected chi connectivity index (χ1v) is 7.89. The highest BCUT2D eigenvalue weighted by atomic mass is 16.2. The van der Waals surface area contributed by atoms with E-state index in [1.54, 1.807) is 0 Å². The third-order valence-corrected chi connectivity index (χ3v) is 4.52. The third-order valence-electron chi connectivity index (χ3n) is 4.52. The van der Waals surface area contributed by atoms with Crippen molar-refractivity contribution in [1.82, 2.24) is 24.6 Å². The van der Waals surface area contributed by atoms with Gasteiger partial charge in [0.15, 0.2) is 5.69 Å². The molecule has 4 rings (SSSR count). The molecule has 6 heteroatoms. The van der Waals surface area contributed by atoms with Crippen molar-refractivity contribution in [3.63, 3.8) is 0 Å². The highest BCUT2D eigenvalue weighted by Crippen LogP contribution is 2.33. The standard InChI is InChI=1S/C17H19N5O/c1-11-10-21(2)16(18-11)14-8-5-9-22(14)17(23)15-12-6-3-4-7-13(12)19-20-15/h3-4,6-7,10,14H,5,8-9H2,1-2H3,(H,19,20). The van der Waals surface area contributed by atoms with Gasteiger partial charge in [0.25, 0.3) is 5.91 Å². The first-order chi connectivity index (χ1) is 11.1. The topological polar surface area (TPSA) is 66.8 Å². The number of aryl methyl sites for hydroxylation is 2. The molecule has 2 aromatic heterocycles. The van der Waals surface area contributed by atoms with Gasteiger partial charge in [-0.1, -0.05) is 18.2 Å². The van der Waals surface area contributed by atoms with Gasteiger partial charge in [0, 0.05) is 25.2 Å². The molecule has 1 aliphatic heterocycles. The quantitative estimate of drug-likeness (QED) is 0.791. The fourth-order valence-electron chi connectivity index (χ4n) is 3.49. The first kappa shape index (κ1) is 14.0. The number of aromatic amines is 1. The molecular weight excluding hydrogens is 290 g/mol. The molecule has 1 fully saturated rings. The van der Waals surface area contributed by atoms with Crippen molar-refractivity contribution in [2.45, 2.75) is 25.8 Å². The Morgan fingerprint density at radius 1 is 1.35 bits per heavy atom. The van der Waals surface area contributed by atoms with Crippen LogP contribution in [0.3, 0.4) is 0 Å². The van der Waals surface area contributed by atoms with E-state index in [1.807, 2.05) is 53.9 Å². The molecule has 1 N–H and O–H groups in total. The summed E-state index contributed by atoms with van der Waals surface area (Å²) in [5.41, 5.74) is 2.37. The van der Waals surface area contributed by atoms with E-state index in [1.165, 1.54) is 0 Å². The minimum absolute atomic E-state index is 0.0226. The number of H-pyrrole nitrogens is 1. The van der Waals surface area contributed by atoms with Gasteiger partial charge in [-0.15, -0.1) is 0 Å². The van der Waals surface area contributed by atoms with Crippen LogP contribution < -0.4 is 0 Å². The van der Waals surface area contributed by atoms with E-state index < -0.39 is 0 Å². The van der Waals surface area contributed by atoms with Gasteiger partial charge in [-0.05, 0) is 25.8 Å². The van der Waals surface area contributed by atoms with Crippen molar-refractivity contribution < 1.29 is 4.79 Å². The maximum absolute atomic E-state index is 13.0. The summed E-state index contributed by atoms with van der Waals surface area (Å²) in [4.78, 5) is 19.5. The Bertz CT molecular complexity index is 878. The number of aromatic nitrogens is 4. The smallest absolute Gasteiger partial charge is 0.275 e. The molecule has 0 aliphatic carbocycles. The summed E-state index contributed by atoms with van der Waals surface area (Å²) in [7, 11) is 1.99. The lowest BCUT2D eigenvalue weighted by Gasteiger charge is -2.23. The lowest BCUT2D eigenvalue weighted by molar-refractivity contribution is 0.0724. The molecule has 0 saturated carbocycles. The average Bonchev–Trinajstić information content (AvgIpc) is 3.24. The van der Waals surface area contributed by atoms with Crippen LogP contribution >= 0.6 is 0 Å². The Morgan fingerprint density at radius 3 is 2.96 bits per heavy atom. The predicted octanol–water partition coefficient (Wildman–Crippen LogP) is 2.58. The van der Waals surface area contributed by atoms with E-state index in [4.69, 9.17) is 0 Å². The Balaban J connectivity index is 1.71. The van der Waals surface area contributed by atoms with E-state index in [9.17, 15) is 4.79 Å². The maximum atomic E-state index is 13.0. The fraction of sp³-hybridized carbons (Fsp3) is 0.353. The highest BCUT2D eigenvalue weighted by molar-refractivity contribution is 6.04. The minimum atomic E-state index is -0.0226. The molecule has 23 heavy (non-hydrogen) atoms. The number of carbonyl (C=O) groups excluding carboxylic acids is 1. The number of fused-ring (bicyclic) bond motifs is 1. The fourth-order valence-corrected chi connectivity index (χ4v) is 3.49. The molecule has 1 aromatic carbocycles. The number of benzene rings is 1. The van der Waals surface area contributed by atoms with Crippen molar-refractivity contribution in [2.75, 3.05) is 6.54 Å². The number of amides is 1. The van der Waals surface area contributed by atoms with Crippen molar-refractivity contribution in [3.05, 3.63) is 47.7 Å². The van der Waals surface area contributed by atoms with Gasteiger partial charge in [-0.3, -0.25) is 9.89 Å². The summed E-state index contributed by atoms with van der Waals surface area (Å²) in [5, 5.41) is 8.07. The van der Waals surface area contributed by atoms with Gasteiger partial charge in [-0.25, -0.2) is 4.98 Å². The number of para-hydroxylation sites is 1. The van der Waals surface area contributed by atoms with E-state index in [0.717, 1.165) is 41.8 Å². The van der Waals surface area contributed by atoms with Crippen LogP contribution in [0.4, 0.5) is 0 Å². The van der Waals surface area contributed by atoms with Crippen LogP contribution in [0.1, 0.15) is 40.9 Å². The number of nitrogens with zero attached hydrogens (tertiary/aromatic N) is 4. The minimum Gasteiger partial charge on any atom is -0.336 e. The van der Waals surface area contributed by atoms with Crippen LogP contribution in [0.25, 0.3) is 10.9 Å². The van der Waals surface area contributed by atoms with Crippen LogP contribution in [0.5, 0.6) is 0 Å². The second-order valence-corrected chi connectivity index (χ2v) is 6.13. The van der Waals surface area contributed by atoms with E-state index in [0.29, 0.717) is 5.69 Å². The SMILES string of the molecule is Cc1cn(C)c(C2CCCN2C(=O)c2n[nH]c3ccccc23)n1. The Morgan fingerprint density at radius 2 is 2.17 bits per heavy atom. The molecule has 3 aromatic rings. The Labute approximate surface area is 134 Å². The van der Waals surface area contributed by atoms with Gasteiger partial charge < -0.3 is 9.47 Å². The predicted molar refractivity (Wildman–Crippen MR) is 87.1 cm³/mol. The van der Waals surface area contributed by atoms with Crippen molar-refractivity contribution in [1.29, 1.82) is 0 Å². The van der Waals surface area contributed by atoms with E-state index in [-0.39, 0.29) is 11.9 Å². The number of carbonyl (C=O) groups is 1. The van der Waals surface area contributed by atoms with E-state index >= 15 is 0 Å². The summed E-state index contributed by atoms with van der Waals surface area (Å²) in [5.74, 6) is 0.929. The molecule has 3 heterocycles. The second kappa shape index (κ2) is 5.22. The highest BCUT2D eigenvalue weighted by Gasteiger charge is 2.34. The monoisotopic (exact) mass is 309 g/mol. The van der Waals surface area contributed by atoms with Crippen molar-refractivity contribution >= 4 is 16.8 Å². The van der Waals surface area contributed by atoms with Crippen molar-refractivity contribution in [2.24, 2.45) is 7.05 Å². The summed E-state index contributed by atoms with van der Waals surface area (Å²) < 4.78 is 2.02. The van der Waals surface area contributed by atoms with Crippen molar-refractivity contribution in [3.8, 4) is 0 Å². The molecule has 0 spiro atoms. The van der Waals surface area contributed by atoms with E-state index in [2.05, 4.69) is 15.2 Å². The molecular formula is C17H19N5O. The summed E-state index contributed by atoms with van der Waals surface area (Å²) >= 11 is 0. The normalized spacial score (nSPS) is 18.0. The lowest BCUT2D eigenvalue weighted by Crippen LogP contribution is -2.32. The first-order valence-electron chi connectivity index (χ1n) is 7.89. The molecule has 0 radical (unpaired) electrons. The van der Waals surface area contributed by atoms with Crippen LogP contribution in [-0.4, -0.2) is 37.1 Å². The van der Waals surface area contributed by atoms with Gasteiger partial charge in [0.2, 0.25) is 0 Å². The molecule has 118 valence electrons. The maximum Gasteiger partial charge on any atom is 0.275 e. The van der Waals surface area contributed by atoms with Crippen LogP contribution in [0, 0.1) is 6.92 Å². The molecule has 1 atom stereocenters. The Kier molecular flexibility index (Phi) is 3.18. The molecule has 1 saturated heterocycles. The van der Waals surface area contributed by atoms with Gasteiger partial charge in [0.1, 0.15) is 5.82 Å². The average molecular weight is 309 g/mol. The number of nitrogens with one attached hydrogen (secondary N) is 1. The molecule has 6 nitrogen and oxygen atoms in total. The Hall–Kier alpha value is -2.63. The number of hydrogen-bond acceptors (Lipinski definition) is 3. The largest absolute Gasteiger partial charge is 0.336 e. The summed E-state index contributed by atoms with van der Waals surface area (Å²) in [6, 6.07) is 7.75. The van der Waals surface area contributed by atoms with Gasteiger partial charge in [-0.2, -0.15) is 5.10 Å². The van der Waals surface area contributed by atoms with Crippen LogP contribution in [0.15, 0.2) is 30.5 Å². The zero-order valence-corrected chi connectivity index (χ0v) is 13.3. The number of imidazole rings is 1. The third kappa shape index (κ3) is 2.21. The van der Waals surface area contributed by atoms with Gasteiger partial charge >= 0.3 is 0 Å². The summed E-state index contributed by atoms with van der Waals surface area (Å²) in [6.07, 6.45) is 3.93. The van der Waals surface area contributed by atoms with Crippen LogP contribution in [0.2, 0.25) is 0 Å². The number of hydrogen-bond donors (Lipinski definition) is 1. The number of rotatable bonds is 2. The van der Waals surface area contributed by atoms with Gasteiger partial charge in [0.05, 0.1) is 17.3 Å². The second-order valence-electron chi connectivity index (χ2n) is 6.13. The molecule has 1 unspecified atom stereocenters. The van der Waals surface area contributed by atoms with Crippen LogP contribution in [-0.2, 0) is 7.05 Å². The number of likely N-dealkylation sites (tertiary alicyclic amines) is 1. The summed E-state index contributed by atoms with van der Waals surface area (Å²) in [6.45, 7) is 2.72. The molecule has 1 aliphatic rings. The molecule has 1 amide bonds. The zero-order valence-electron chi connectivity index (χ0n) is 13.3.